The lowest BCUT2D eigenvalue weighted by molar-refractivity contribution is 0.791. The van der Waals surface area contributed by atoms with Gasteiger partial charge in [0.1, 0.15) is 5.69 Å². The first kappa shape index (κ1) is 14.1. The Bertz CT molecular complexity index is 795. The molecule has 0 aliphatic heterocycles. The zero-order valence-electron chi connectivity index (χ0n) is 10.5. The minimum Gasteiger partial charge on any atom is -0.397 e. The molecule has 106 valence electrons. The molecule has 0 saturated carbocycles. The molecule has 8 heteroatoms. The van der Waals surface area contributed by atoms with Crippen LogP contribution in [0.5, 0.6) is 0 Å². The molecule has 0 atom stereocenters. The van der Waals surface area contributed by atoms with Crippen molar-refractivity contribution in [2.75, 3.05) is 5.73 Å². The van der Waals surface area contributed by atoms with Gasteiger partial charge < -0.3 is 5.73 Å². The maximum absolute atomic E-state index is 6.19. The summed E-state index contributed by atoms with van der Waals surface area (Å²) in [5, 5.41) is 12.9. The zero-order valence-corrected chi connectivity index (χ0v) is 12.7. The molecule has 0 unspecified atom stereocenters. The maximum atomic E-state index is 6.19. The van der Waals surface area contributed by atoms with E-state index in [2.05, 4.69) is 15.5 Å². The Morgan fingerprint density at radius 2 is 1.52 bits per heavy atom. The first-order valence-corrected chi connectivity index (χ1v) is 7.00. The number of rotatable bonds is 2. The van der Waals surface area contributed by atoms with Gasteiger partial charge in [-0.05, 0) is 34.7 Å². The second-order valence-electron chi connectivity index (χ2n) is 4.19. The van der Waals surface area contributed by atoms with Crippen molar-refractivity contribution in [3.8, 4) is 17.1 Å². The lowest BCUT2D eigenvalue weighted by atomic mass is 10.1. The average Bonchev–Trinajstić information content (AvgIpc) is 2.91. The fraction of sp³-hybridized carbons (Fsp3) is 0. The van der Waals surface area contributed by atoms with Crippen LogP contribution in [-0.4, -0.2) is 20.2 Å². The molecule has 5 nitrogen and oxygen atoms in total. The van der Waals surface area contributed by atoms with Crippen molar-refractivity contribution in [3.63, 3.8) is 0 Å². The van der Waals surface area contributed by atoms with Gasteiger partial charge in [-0.15, -0.1) is 5.10 Å². The standard InChI is InChI=1S/C13H8Cl3N5/c14-8-4-1-3-7(11(8)17)13-18-19-20-21(13)12-9(15)5-2-6-10(12)16/h1-6H,17H2. The molecule has 0 saturated heterocycles. The number of nitrogens with zero attached hydrogens (tertiary/aromatic N) is 4. The molecule has 0 spiro atoms. The van der Waals surface area contributed by atoms with Gasteiger partial charge in [-0.3, -0.25) is 0 Å². The van der Waals surface area contributed by atoms with E-state index in [1.54, 1.807) is 36.4 Å². The number of halogens is 3. The van der Waals surface area contributed by atoms with E-state index in [0.29, 0.717) is 37.8 Å². The molecular weight excluding hydrogens is 333 g/mol. The Kier molecular flexibility index (Phi) is 3.71. The minimum absolute atomic E-state index is 0.387. The highest BCUT2D eigenvalue weighted by molar-refractivity contribution is 6.37. The molecule has 3 aromatic rings. The van der Waals surface area contributed by atoms with Crippen LogP contribution in [0, 0.1) is 0 Å². The van der Waals surface area contributed by atoms with Gasteiger partial charge >= 0.3 is 0 Å². The fourth-order valence-electron chi connectivity index (χ4n) is 1.93. The van der Waals surface area contributed by atoms with Crippen LogP contribution in [0.4, 0.5) is 5.69 Å². The molecule has 0 aliphatic rings. The minimum atomic E-state index is 0.387. The summed E-state index contributed by atoms with van der Waals surface area (Å²) >= 11 is 18.4. The lowest BCUT2D eigenvalue weighted by Gasteiger charge is -2.10. The lowest BCUT2D eigenvalue weighted by Crippen LogP contribution is -2.03. The number of tetrazole rings is 1. The average molecular weight is 341 g/mol. The molecule has 21 heavy (non-hydrogen) atoms. The molecular formula is C13H8Cl3N5. The summed E-state index contributed by atoms with van der Waals surface area (Å²) in [6, 6.07) is 10.4. The molecule has 0 amide bonds. The highest BCUT2D eigenvalue weighted by atomic mass is 35.5. The van der Waals surface area contributed by atoms with Crippen molar-refractivity contribution in [1.82, 2.24) is 20.2 Å². The van der Waals surface area contributed by atoms with Gasteiger partial charge in [0, 0.05) is 5.56 Å². The van der Waals surface area contributed by atoms with Crippen molar-refractivity contribution in [3.05, 3.63) is 51.5 Å². The van der Waals surface area contributed by atoms with Gasteiger partial charge in [0.15, 0.2) is 5.82 Å². The summed E-state index contributed by atoms with van der Waals surface area (Å²) in [6.07, 6.45) is 0. The van der Waals surface area contributed by atoms with Crippen LogP contribution in [-0.2, 0) is 0 Å². The van der Waals surface area contributed by atoms with Crippen LogP contribution in [0.15, 0.2) is 36.4 Å². The predicted molar refractivity (Wildman–Crippen MR) is 84.0 cm³/mol. The summed E-state index contributed by atoms with van der Waals surface area (Å²) in [4.78, 5) is 0. The van der Waals surface area contributed by atoms with E-state index < -0.39 is 0 Å². The van der Waals surface area contributed by atoms with E-state index >= 15 is 0 Å². The number of para-hydroxylation sites is 2. The van der Waals surface area contributed by atoms with Gasteiger partial charge in [-0.25, -0.2) is 0 Å². The molecule has 3 rings (SSSR count). The van der Waals surface area contributed by atoms with E-state index in [4.69, 9.17) is 40.5 Å². The van der Waals surface area contributed by atoms with Crippen molar-refractivity contribution in [1.29, 1.82) is 0 Å². The molecule has 2 N–H and O–H groups in total. The van der Waals surface area contributed by atoms with E-state index in [9.17, 15) is 0 Å². The monoisotopic (exact) mass is 339 g/mol. The first-order valence-electron chi connectivity index (χ1n) is 5.86. The molecule has 1 aromatic heterocycles. The van der Waals surface area contributed by atoms with Gasteiger partial charge in [0.05, 0.1) is 20.8 Å². The Morgan fingerprint density at radius 3 is 2.24 bits per heavy atom. The Morgan fingerprint density at radius 1 is 0.905 bits per heavy atom. The Balaban J connectivity index is 2.25. The van der Waals surface area contributed by atoms with E-state index in [1.165, 1.54) is 4.68 Å². The van der Waals surface area contributed by atoms with Crippen LogP contribution >= 0.6 is 34.8 Å². The maximum Gasteiger partial charge on any atom is 0.189 e. The number of nitrogen functional groups attached to an aromatic ring is 1. The third-order valence-electron chi connectivity index (χ3n) is 2.91. The summed E-state index contributed by atoms with van der Waals surface area (Å²) in [7, 11) is 0. The summed E-state index contributed by atoms with van der Waals surface area (Å²) in [5.41, 5.74) is 7.46. The summed E-state index contributed by atoms with van der Waals surface area (Å²) in [6.45, 7) is 0. The molecule has 0 radical (unpaired) electrons. The second kappa shape index (κ2) is 5.52. The van der Waals surface area contributed by atoms with Crippen LogP contribution in [0.2, 0.25) is 15.1 Å². The predicted octanol–water partition coefficient (Wildman–Crippen LogP) is 3.87. The van der Waals surface area contributed by atoms with Crippen LogP contribution < -0.4 is 5.73 Å². The second-order valence-corrected chi connectivity index (χ2v) is 5.41. The first-order chi connectivity index (χ1) is 10.1. The van der Waals surface area contributed by atoms with Crippen molar-refractivity contribution in [2.45, 2.75) is 0 Å². The van der Waals surface area contributed by atoms with Crippen LogP contribution in [0.1, 0.15) is 0 Å². The van der Waals surface area contributed by atoms with E-state index in [1.807, 2.05) is 0 Å². The SMILES string of the molecule is Nc1c(Cl)cccc1-c1nnnn1-c1c(Cl)cccc1Cl. The molecule has 0 aliphatic carbocycles. The largest absolute Gasteiger partial charge is 0.397 e. The van der Waals surface area contributed by atoms with Gasteiger partial charge in [0.25, 0.3) is 0 Å². The number of benzene rings is 2. The number of nitrogens with two attached hydrogens (primary N) is 1. The molecule has 2 aromatic carbocycles. The van der Waals surface area contributed by atoms with Crippen molar-refractivity contribution >= 4 is 40.5 Å². The van der Waals surface area contributed by atoms with Crippen molar-refractivity contribution < 1.29 is 0 Å². The van der Waals surface area contributed by atoms with Crippen molar-refractivity contribution in [2.24, 2.45) is 0 Å². The van der Waals surface area contributed by atoms with Gasteiger partial charge in [-0.2, -0.15) is 4.68 Å². The smallest absolute Gasteiger partial charge is 0.189 e. The number of hydrogen-bond donors (Lipinski definition) is 1. The van der Waals surface area contributed by atoms with Gasteiger partial charge in [0.2, 0.25) is 0 Å². The number of aromatic nitrogens is 4. The topological polar surface area (TPSA) is 69.6 Å². The third kappa shape index (κ3) is 2.44. The van der Waals surface area contributed by atoms with E-state index in [-0.39, 0.29) is 0 Å². The molecule has 0 bridgehead atoms. The van der Waals surface area contributed by atoms with Crippen LogP contribution in [0.25, 0.3) is 17.1 Å². The summed E-state index contributed by atoms with van der Waals surface area (Å²) < 4.78 is 1.44. The van der Waals surface area contributed by atoms with Crippen LogP contribution in [0.3, 0.4) is 0 Å². The quantitative estimate of drug-likeness (QED) is 0.719. The van der Waals surface area contributed by atoms with Gasteiger partial charge in [-0.1, -0.05) is 46.9 Å². The Labute approximate surface area is 135 Å². The van der Waals surface area contributed by atoms with E-state index in [0.717, 1.165) is 0 Å². The third-order valence-corrected chi connectivity index (χ3v) is 3.85. The zero-order chi connectivity index (χ0) is 15.0. The highest BCUT2D eigenvalue weighted by Gasteiger charge is 2.18. The molecule has 0 fully saturated rings. The normalized spacial score (nSPS) is 10.8. The summed E-state index contributed by atoms with van der Waals surface area (Å²) in [5.74, 6) is 0.407. The highest BCUT2D eigenvalue weighted by Crippen LogP contribution is 2.34. The Hall–Kier alpha value is -1.82. The fourth-order valence-corrected chi connectivity index (χ4v) is 2.66. The number of hydrogen-bond acceptors (Lipinski definition) is 4. The number of anilines is 1. The molecule has 1 heterocycles.